The zero-order chi connectivity index (χ0) is 16.4. The van der Waals surface area contributed by atoms with E-state index in [1.54, 1.807) is 6.07 Å². The quantitative estimate of drug-likeness (QED) is 0.498. The molecule has 0 aliphatic rings. The van der Waals surface area contributed by atoms with Crippen molar-refractivity contribution in [2.24, 2.45) is 0 Å². The molecule has 0 aliphatic heterocycles. The van der Waals surface area contributed by atoms with Crippen LogP contribution in [0.15, 0.2) is 91.0 Å². The van der Waals surface area contributed by atoms with Crippen molar-refractivity contribution in [3.63, 3.8) is 0 Å². The molecule has 116 valence electrons. The van der Waals surface area contributed by atoms with Crippen molar-refractivity contribution in [2.45, 2.75) is 0 Å². The Morgan fingerprint density at radius 3 is 1.83 bits per heavy atom. The molecule has 2 N–H and O–H groups in total. The SMILES string of the molecule is Oc1ccccc1-c1[nH]c(-c2ccccc2)cc1-c1ccccc1. The van der Waals surface area contributed by atoms with Gasteiger partial charge in [-0.25, -0.2) is 0 Å². The number of H-pyrrole nitrogens is 1. The molecule has 0 amide bonds. The molecule has 0 aliphatic carbocycles. The third kappa shape index (κ3) is 2.59. The molecule has 3 aromatic carbocycles. The van der Waals surface area contributed by atoms with Gasteiger partial charge in [-0.3, -0.25) is 0 Å². The average molecular weight is 311 g/mol. The van der Waals surface area contributed by atoms with E-state index in [1.807, 2.05) is 54.6 Å². The first kappa shape index (κ1) is 14.3. The zero-order valence-electron chi connectivity index (χ0n) is 13.1. The summed E-state index contributed by atoms with van der Waals surface area (Å²) in [5.74, 6) is 0.274. The summed E-state index contributed by atoms with van der Waals surface area (Å²) < 4.78 is 0. The molecule has 0 saturated carbocycles. The van der Waals surface area contributed by atoms with Crippen LogP contribution in [0.3, 0.4) is 0 Å². The highest BCUT2D eigenvalue weighted by Gasteiger charge is 2.15. The molecule has 1 aromatic heterocycles. The van der Waals surface area contributed by atoms with Gasteiger partial charge in [0.15, 0.2) is 0 Å². The van der Waals surface area contributed by atoms with Crippen molar-refractivity contribution in [3.8, 4) is 39.4 Å². The summed E-state index contributed by atoms with van der Waals surface area (Å²) in [5, 5.41) is 10.3. The number of aromatic amines is 1. The van der Waals surface area contributed by atoms with E-state index in [9.17, 15) is 5.11 Å². The molecule has 0 radical (unpaired) electrons. The van der Waals surface area contributed by atoms with E-state index in [0.717, 1.165) is 33.6 Å². The van der Waals surface area contributed by atoms with Gasteiger partial charge in [-0.05, 0) is 29.3 Å². The minimum absolute atomic E-state index is 0.274. The van der Waals surface area contributed by atoms with Crippen LogP contribution in [0.1, 0.15) is 0 Å². The average Bonchev–Trinajstić information content (AvgIpc) is 3.09. The van der Waals surface area contributed by atoms with E-state index in [4.69, 9.17) is 0 Å². The van der Waals surface area contributed by atoms with Gasteiger partial charge in [0, 0.05) is 16.8 Å². The standard InChI is InChI=1S/C22H17NO/c24-21-14-8-7-13-18(21)22-19(16-9-3-1-4-10-16)15-20(23-22)17-11-5-2-6-12-17/h1-15,23-24H. The Hall–Kier alpha value is -3.26. The largest absolute Gasteiger partial charge is 0.507 e. The predicted molar refractivity (Wildman–Crippen MR) is 98.8 cm³/mol. The molecule has 4 aromatic rings. The van der Waals surface area contributed by atoms with E-state index in [2.05, 4.69) is 35.3 Å². The van der Waals surface area contributed by atoms with Gasteiger partial charge in [0.2, 0.25) is 0 Å². The third-order valence-corrected chi connectivity index (χ3v) is 4.16. The number of nitrogens with one attached hydrogen (secondary N) is 1. The van der Waals surface area contributed by atoms with Gasteiger partial charge in [0.1, 0.15) is 5.75 Å². The van der Waals surface area contributed by atoms with Crippen molar-refractivity contribution in [2.75, 3.05) is 0 Å². The zero-order valence-corrected chi connectivity index (χ0v) is 13.1. The summed E-state index contributed by atoms with van der Waals surface area (Å²) in [6, 6.07) is 30.0. The van der Waals surface area contributed by atoms with Crippen LogP contribution in [-0.4, -0.2) is 10.1 Å². The number of phenols is 1. The lowest BCUT2D eigenvalue weighted by Gasteiger charge is -2.06. The first-order chi connectivity index (χ1) is 11.8. The van der Waals surface area contributed by atoms with Gasteiger partial charge in [-0.15, -0.1) is 0 Å². The molecule has 4 rings (SSSR count). The number of hydrogen-bond donors (Lipinski definition) is 2. The predicted octanol–water partition coefficient (Wildman–Crippen LogP) is 5.72. The van der Waals surface area contributed by atoms with E-state index in [0.29, 0.717) is 0 Å². The monoisotopic (exact) mass is 311 g/mol. The third-order valence-electron chi connectivity index (χ3n) is 4.16. The maximum absolute atomic E-state index is 10.3. The highest BCUT2D eigenvalue weighted by atomic mass is 16.3. The van der Waals surface area contributed by atoms with Crippen LogP contribution in [0.5, 0.6) is 5.75 Å². The molecule has 24 heavy (non-hydrogen) atoms. The van der Waals surface area contributed by atoms with E-state index in [1.165, 1.54) is 0 Å². The molecular weight excluding hydrogens is 294 g/mol. The van der Waals surface area contributed by atoms with Crippen molar-refractivity contribution < 1.29 is 5.11 Å². The van der Waals surface area contributed by atoms with Gasteiger partial charge < -0.3 is 10.1 Å². The Balaban J connectivity index is 1.94. The Labute approximate surface area is 141 Å². The first-order valence-electron chi connectivity index (χ1n) is 7.95. The maximum Gasteiger partial charge on any atom is 0.124 e. The second-order valence-corrected chi connectivity index (χ2v) is 5.72. The smallest absolute Gasteiger partial charge is 0.124 e. The van der Waals surface area contributed by atoms with Crippen LogP contribution >= 0.6 is 0 Å². The maximum atomic E-state index is 10.3. The topological polar surface area (TPSA) is 36.0 Å². The number of hydrogen-bond acceptors (Lipinski definition) is 1. The van der Waals surface area contributed by atoms with Gasteiger partial charge in [-0.2, -0.15) is 0 Å². The minimum atomic E-state index is 0.274. The lowest BCUT2D eigenvalue weighted by molar-refractivity contribution is 0.477. The molecule has 1 heterocycles. The Bertz CT molecular complexity index is 956. The van der Waals surface area contributed by atoms with Crippen molar-refractivity contribution in [3.05, 3.63) is 91.0 Å². The van der Waals surface area contributed by atoms with Gasteiger partial charge in [0.25, 0.3) is 0 Å². The molecule has 0 bridgehead atoms. The lowest BCUT2D eigenvalue weighted by Crippen LogP contribution is -1.83. The van der Waals surface area contributed by atoms with Gasteiger partial charge >= 0.3 is 0 Å². The molecule has 0 unspecified atom stereocenters. The second kappa shape index (κ2) is 6.09. The highest BCUT2D eigenvalue weighted by Crippen LogP contribution is 2.38. The van der Waals surface area contributed by atoms with Crippen molar-refractivity contribution >= 4 is 0 Å². The van der Waals surface area contributed by atoms with Crippen molar-refractivity contribution in [1.29, 1.82) is 0 Å². The number of phenolic OH excluding ortho intramolecular Hbond substituents is 1. The fourth-order valence-corrected chi connectivity index (χ4v) is 2.97. The first-order valence-corrected chi connectivity index (χ1v) is 7.95. The summed E-state index contributed by atoms with van der Waals surface area (Å²) in [5.41, 5.74) is 6.09. The number of para-hydroxylation sites is 1. The molecular formula is C22H17NO. The molecule has 2 heteroatoms. The summed E-state index contributed by atoms with van der Waals surface area (Å²) >= 11 is 0. The minimum Gasteiger partial charge on any atom is -0.507 e. The summed E-state index contributed by atoms with van der Waals surface area (Å²) in [7, 11) is 0. The molecule has 0 spiro atoms. The van der Waals surface area contributed by atoms with Crippen LogP contribution in [0.2, 0.25) is 0 Å². The van der Waals surface area contributed by atoms with Crippen LogP contribution in [0.4, 0.5) is 0 Å². The van der Waals surface area contributed by atoms with Crippen LogP contribution in [-0.2, 0) is 0 Å². The molecule has 2 nitrogen and oxygen atoms in total. The molecule has 0 saturated heterocycles. The van der Waals surface area contributed by atoms with Crippen molar-refractivity contribution in [1.82, 2.24) is 4.98 Å². The molecule has 0 fully saturated rings. The summed E-state index contributed by atoms with van der Waals surface area (Å²) in [6.45, 7) is 0. The normalized spacial score (nSPS) is 10.7. The number of rotatable bonds is 3. The second-order valence-electron chi connectivity index (χ2n) is 5.72. The van der Waals surface area contributed by atoms with Crippen LogP contribution in [0, 0.1) is 0 Å². The highest BCUT2D eigenvalue weighted by molar-refractivity contribution is 5.87. The Kier molecular flexibility index (Phi) is 3.64. The number of aromatic hydroxyl groups is 1. The van der Waals surface area contributed by atoms with Crippen LogP contribution < -0.4 is 0 Å². The number of benzene rings is 3. The fourth-order valence-electron chi connectivity index (χ4n) is 2.97. The van der Waals surface area contributed by atoms with Gasteiger partial charge in [-0.1, -0.05) is 72.8 Å². The van der Waals surface area contributed by atoms with E-state index >= 15 is 0 Å². The molecule has 0 atom stereocenters. The Morgan fingerprint density at radius 2 is 1.17 bits per heavy atom. The lowest BCUT2D eigenvalue weighted by atomic mass is 10.0. The van der Waals surface area contributed by atoms with Crippen LogP contribution in [0.25, 0.3) is 33.6 Å². The Morgan fingerprint density at radius 1 is 0.583 bits per heavy atom. The van der Waals surface area contributed by atoms with E-state index < -0.39 is 0 Å². The fraction of sp³-hybridized carbons (Fsp3) is 0. The van der Waals surface area contributed by atoms with E-state index in [-0.39, 0.29) is 5.75 Å². The number of aromatic nitrogens is 1. The van der Waals surface area contributed by atoms with Gasteiger partial charge in [0.05, 0.1) is 5.69 Å². The summed E-state index contributed by atoms with van der Waals surface area (Å²) in [6.07, 6.45) is 0. The summed E-state index contributed by atoms with van der Waals surface area (Å²) in [4.78, 5) is 3.49.